The van der Waals surface area contributed by atoms with E-state index >= 15 is 0 Å². The normalized spacial score (nSPS) is 14.1. The van der Waals surface area contributed by atoms with Crippen molar-refractivity contribution in [3.05, 3.63) is 22.7 Å². The van der Waals surface area contributed by atoms with E-state index in [1.165, 1.54) is 0 Å². The Morgan fingerprint density at radius 1 is 1.60 bits per heavy atom. The van der Waals surface area contributed by atoms with Gasteiger partial charge in [0.1, 0.15) is 6.54 Å². The standard InChI is InChI=1S/C10H8BrN3O/c11-7-2-1-3-8-10(7)13-9(15)6-14(8)5-4-12/h1-3H,5-6H2,(H,13,15). The first-order valence-electron chi connectivity index (χ1n) is 4.42. The summed E-state index contributed by atoms with van der Waals surface area (Å²) in [4.78, 5) is 13.1. The van der Waals surface area contributed by atoms with Gasteiger partial charge in [0.25, 0.3) is 0 Å². The lowest BCUT2D eigenvalue weighted by atomic mass is 10.2. The SMILES string of the molecule is N#CCN1CC(=O)Nc2c(Br)cccc21. The third kappa shape index (κ3) is 1.81. The Labute approximate surface area is 95.6 Å². The maximum Gasteiger partial charge on any atom is 0.244 e. The lowest BCUT2D eigenvalue weighted by Crippen LogP contribution is -2.38. The molecule has 0 saturated heterocycles. The van der Waals surface area contributed by atoms with Crippen LogP contribution in [0.5, 0.6) is 0 Å². The average Bonchev–Trinajstić information content (AvgIpc) is 2.20. The summed E-state index contributed by atoms with van der Waals surface area (Å²) in [5.74, 6) is -0.0929. The maximum atomic E-state index is 11.4. The molecule has 0 unspecified atom stereocenters. The Hall–Kier alpha value is -1.54. The molecule has 1 aromatic rings. The third-order valence-corrected chi connectivity index (χ3v) is 2.85. The van der Waals surface area contributed by atoms with Gasteiger partial charge in [-0.25, -0.2) is 0 Å². The number of fused-ring (bicyclic) bond motifs is 1. The molecule has 0 fully saturated rings. The minimum absolute atomic E-state index is 0.0929. The Morgan fingerprint density at radius 3 is 3.13 bits per heavy atom. The number of anilines is 2. The molecule has 2 rings (SSSR count). The Kier molecular flexibility index (Phi) is 2.60. The van der Waals surface area contributed by atoms with Crippen LogP contribution >= 0.6 is 15.9 Å². The molecule has 0 aliphatic carbocycles. The van der Waals surface area contributed by atoms with Gasteiger partial charge in [0, 0.05) is 4.47 Å². The molecule has 15 heavy (non-hydrogen) atoms. The number of halogens is 1. The van der Waals surface area contributed by atoms with Crippen molar-refractivity contribution in [1.29, 1.82) is 5.26 Å². The van der Waals surface area contributed by atoms with E-state index in [0.29, 0.717) is 0 Å². The number of hydrogen-bond acceptors (Lipinski definition) is 3. The van der Waals surface area contributed by atoms with Crippen molar-refractivity contribution >= 4 is 33.2 Å². The van der Waals surface area contributed by atoms with Crippen molar-refractivity contribution in [1.82, 2.24) is 0 Å². The third-order valence-electron chi connectivity index (χ3n) is 2.19. The number of nitrogens with one attached hydrogen (secondary N) is 1. The first-order valence-corrected chi connectivity index (χ1v) is 5.22. The fourth-order valence-corrected chi connectivity index (χ4v) is 2.02. The molecule has 5 heteroatoms. The fourth-order valence-electron chi connectivity index (χ4n) is 1.56. The maximum absolute atomic E-state index is 11.4. The van der Waals surface area contributed by atoms with Gasteiger partial charge in [0.05, 0.1) is 24.0 Å². The van der Waals surface area contributed by atoms with Crippen LogP contribution in [0.2, 0.25) is 0 Å². The molecular weight excluding hydrogens is 258 g/mol. The smallest absolute Gasteiger partial charge is 0.244 e. The number of nitrogens with zero attached hydrogens (tertiary/aromatic N) is 2. The van der Waals surface area contributed by atoms with Crippen LogP contribution in [0.1, 0.15) is 0 Å². The van der Waals surface area contributed by atoms with E-state index < -0.39 is 0 Å². The monoisotopic (exact) mass is 265 g/mol. The predicted molar refractivity (Wildman–Crippen MR) is 60.6 cm³/mol. The molecule has 0 aromatic heterocycles. The molecular formula is C10H8BrN3O. The summed E-state index contributed by atoms with van der Waals surface area (Å²) < 4.78 is 0.830. The molecule has 1 N–H and O–H groups in total. The van der Waals surface area contributed by atoms with Crippen molar-refractivity contribution in [2.75, 3.05) is 23.3 Å². The van der Waals surface area contributed by atoms with Crippen molar-refractivity contribution in [2.24, 2.45) is 0 Å². The van der Waals surface area contributed by atoms with Crippen LogP contribution in [0.4, 0.5) is 11.4 Å². The summed E-state index contributed by atoms with van der Waals surface area (Å²) in [6.45, 7) is 0.452. The molecule has 1 heterocycles. The van der Waals surface area contributed by atoms with Crippen molar-refractivity contribution < 1.29 is 4.79 Å². The second kappa shape index (κ2) is 3.91. The van der Waals surface area contributed by atoms with Gasteiger partial charge >= 0.3 is 0 Å². The molecule has 1 amide bonds. The van der Waals surface area contributed by atoms with Crippen LogP contribution in [0, 0.1) is 11.3 Å². The Morgan fingerprint density at radius 2 is 2.40 bits per heavy atom. The zero-order valence-corrected chi connectivity index (χ0v) is 9.41. The molecule has 0 spiro atoms. The largest absolute Gasteiger partial charge is 0.347 e. The number of hydrogen-bond donors (Lipinski definition) is 1. The van der Waals surface area contributed by atoms with E-state index in [2.05, 4.69) is 21.2 Å². The number of benzene rings is 1. The van der Waals surface area contributed by atoms with Crippen LogP contribution in [0.15, 0.2) is 22.7 Å². The average molecular weight is 266 g/mol. The zero-order chi connectivity index (χ0) is 10.8. The fraction of sp³-hybridized carbons (Fsp3) is 0.200. The predicted octanol–water partition coefficient (Wildman–Crippen LogP) is 1.73. The first-order chi connectivity index (χ1) is 7.22. The van der Waals surface area contributed by atoms with Crippen LogP contribution < -0.4 is 10.2 Å². The molecule has 0 atom stereocenters. The van der Waals surface area contributed by atoms with E-state index in [0.717, 1.165) is 15.8 Å². The summed E-state index contributed by atoms with van der Waals surface area (Å²) in [7, 11) is 0. The minimum Gasteiger partial charge on any atom is -0.347 e. The molecule has 1 aliphatic rings. The highest BCUT2D eigenvalue weighted by molar-refractivity contribution is 9.10. The number of carbonyl (C=O) groups is 1. The van der Waals surface area contributed by atoms with Crippen LogP contribution in [0.3, 0.4) is 0 Å². The van der Waals surface area contributed by atoms with Crippen LogP contribution in [-0.4, -0.2) is 19.0 Å². The molecule has 1 aliphatic heterocycles. The van der Waals surface area contributed by atoms with E-state index in [4.69, 9.17) is 5.26 Å². The quantitative estimate of drug-likeness (QED) is 0.787. The summed E-state index contributed by atoms with van der Waals surface area (Å²) in [5.41, 5.74) is 1.62. The van der Waals surface area contributed by atoms with E-state index in [9.17, 15) is 4.79 Å². The lowest BCUT2D eigenvalue weighted by Gasteiger charge is -2.29. The Balaban J connectivity index is 2.47. The molecule has 76 valence electrons. The highest BCUT2D eigenvalue weighted by atomic mass is 79.9. The summed E-state index contributed by atoms with van der Waals surface area (Å²) >= 11 is 3.36. The van der Waals surface area contributed by atoms with Gasteiger partial charge in [0.2, 0.25) is 5.91 Å². The molecule has 0 bridgehead atoms. The molecule has 0 radical (unpaired) electrons. The van der Waals surface area contributed by atoms with Gasteiger partial charge in [-0.3, -0.25) is 4.79 Å². The first kappa shape index (κ1) is 9.99. The number of para-hydroxylation sites is 1. The number of amides is 1. The van der Waals surface area contributed by atoms with Crippen molar-refractivity contribution in [3.8, 4) is 6.07 Å². The molecule has 1 aromatic carbocycles. The Bertz CT molecular complexity index is 452. The second-order valence-corrected chi connectivity index (χ2v) is 4.05. The van der Waals surface area contributed by atoms with Crippen LogP contribution in [-0.2, 0) is 4.79 Å². The van der Waals surface area contributed by atoms with Gasteiger partial charge in [-0.2, -0.15) is 5.26 Å². The van der Waals surface area contributed by atoms with Crippen LogP contribution in [0.25, 0.3) is 0 Å². The molecule has 4 nitrogen and oxygen atoms in total. The number of rotatable bonds is 1. The van der Waals surface area contributed by atoms with E-state index in [1.54, 1.807) is 4.90 Å². The minimum atomic E-state index is -0.0929. The van der Waals surface area contributed by atoms with Crippen molar-refractivity contribution in [3.63, 3.8) is 0 Å². The van der Waals surface area contributed by atoms with Gasteiger partial charge in [-0.05, 0) is 28.1 Å². The highest BCUT2D eigenvalue weighted by Gasteiger charge is 2.22. The summed E-state index contributed by atoms with van der Waals surface area (Å²) in [6, 6.07) is 7.67. The molecule has 0 saturated carbocycles. The van der Waals surface area contributed by atoms with Gasteiger partial charge in [-0.15, -0.1) is 0 Å². The van der Waals surface area contributed by atoms with Gasteiger partial charge in [-0.1, -0.05) is 6.07 Å². The summed E-state index contributed by atoms with van der Waals surface area (Å²) in [6.07, 6.45) is 0. The number of carbonyl (C=O) groups excluding carboxylic acids is 1. The van der Waals surface area contributed by atoms with Gasteiger partial charge < -0.3 is 10.2 Å². The summed E-state index contributed by atoms with van der Waals surface area (Å²) in [5, 5.41) is 11.4. The van der Waals surface area contributed by atoms with E-state index in [-0.39, 0.29) is 19.0 Å². The topological polar surface area (TPSA) is 56.1 Å². The lowest BCUT2D eigenvalue weighted by molar-refractivity contribution is -0.115. The van der Waals surface area contributed by atoms with Crippen molar-refractivity contribution in [2.45, 2.75) is 0 Å². The highest BCUT2D eigenvalue weighted by Crippen LogP contribution is 2.35. The number of nitriles is 1. The second-order valence-electron chi connectivity index (χ2n) is 3.20. The van der Waals surface area contributed by atoms with Gasteiger partial charge in [0.15, 0.2) is 0 Å². The zero-order valence-electron chi connectivity index (χ0n) is 7.83. The van der Waals surface area contributed by atoms with E-state index in [1.807, 2.05) is 24.3 Å².